The lowest BCUT2D eigenvalue weighted by Gasteiger charge is -2.47. The molecular weight excluding hydrogens is 236 g/mol. The topological polar surface area (TPSA) is 38.5 Å². The van der Waals surface area contributed by atoms with Crippen molar-refractivity contribution in [2.24, 2.45) is 11.7 Å². The molecule has 1 unspecified atom stereocenters. The van der Waals surface area contributed by atoms with E-state index in [0.29, 0.717) is 12.5 Å². The zero-order valence-corrected chi connectivity index (χ0v) is 12.4. The molecule has 19 heavy (non-hydrogen) atoms. The van der Waals surface area contributed by atoms with Gasteiger partial charge in [0.2, 0.25) is 0 Å². The summed E-state index contributed by atoms with van der Waals surface area (Å²) < 4.78 is 5.78. The summed E-state index contributed by atoms with van der Waals surface area (Å²) in [4.78, 5) is 2.47. The Bertz CT molecular complexity index is 417. The zero-order chi connectivity index (χ0) is 13.9. The fourth-order valence-electron chi connectivity index (χ4n) is 2.86. The maximum atomic E-state index is 5.87. The van der Waals surface area contributed by atoms with Crippen molar-refractivity contribution in [1.82, 2.24) is 0 Å². The highest BCUT2D eigenvalue weighted by atomic mass is 16.5. The molecule has 0 aromatic heterocycles. The number of hydrogen-bond donors (Lipinski definition) is 1. The third-order valence-corrected chi connectivity index (χ3v) is 4.13. The first kappa shape index (κ1) is 14.2. The highest BCUT2D eigenvalue weighted by Gasteiger charge is 2.34. The van der Waals surface area contributed by atoms with E-state index in [4.69, 9.17) is 10.5 Å². The minimum atomic E-state index is 0.166. The van der Waals surface area contributed by atoms with Gasteiger partial charge in [-0.2, -0.15) is 0 Å². The third-order valence-electron chi connectivity index (χ3n) is 4.13. The van der Waals surface area contributed by atoms with Crippen LogP contribution >= 0.6 is 0 Å². The van der Waals surface area contributed by atoms with E-state index < -0.39 is 0 Å². The molecule has 0 amide bonds. The van der Waals surface area contributed by atoms with Gasteiger partial charge in [-0.25, -0.2) is 0 Å². The SMILES string of the molecule is CCOc1ccccc1N1CC(CN)CCC1(C)C. The summed E-state index contributed by atoms with van der Waals surface area (Å²) in [5.74, 6) is 1.57. The third kappa shape index (κ3) is 3.03. The Labute approximate surface area is 116 Å². The van der Waals surface area contributed by atoms with E-state index in [0.717, 1.165) is 18.8 Å². The van der Waals surface area contributed by atoms with Gasteiger partial charge in [0.1, 0.15) is 5.75 Å². The Morgan fingerprint density at radius 2 is 2.11 bits per heavy atom. The van der Waals surface area contributed by atoms with Crippen LogP contribution in [0.25, 0.3) is 0 Å². The Balaban J connectivity index is 2.31. The average Bonchev–Trinajstić information content (AvgIpc) is 2.40. The first-order valence-electron chi connectivity index (χ1n) is 7.28. The van der Waals surface area contributed by atoms with Gasteiger partial charge in [-0.3, -0.25) is 0 Å². The van der Waals surface area contributed by atoms with Crippen molar-refractivity contribution in [1.29, 1.82) is 0 Å². The fourth-order valence-corrected chi connectivity index (χ4v) is 2.86. The molecule has 0 bridgehead atoms. The molecule has 1 fully saturated rings. The summed E-state index contributed by atoms with van der Waals surface area (Å²) in [5, 5.41) is 0. The quantitative estimate of drug-likeness (QED) is 0.906. The second kappa shape index (κ2) is 5.83. The summed E-state index contributed by atoms with van der Waals surface area (Å²) in [6.07, 6.45) is 2.39. The summed E-state index contributed by atoms with van der Waals surface area (Å²) in [6.45, 7) is 9.13. The number of para-hydroxylation sites is 2. The summed E-state index contributed by atoms with van der Waals surface area (Å²) >= 11 is 0. The molecule has 1 aliphatic heterocycles. The van der Waals surface area contributed by atoms with Gasteiger partial charge in [-0.15, -0.1) is 0 Å². The molecule has 1 atom stereocenters. The van der Waals surface area contributed by atoms with Crippen molar-refractivity contribution < 1.29 is 4.74 Å². The predicted molar refractivity (Wildman–Crippen MR) is 80.8 cm³/mol. The summed E-state index contributed by atoms with van der Waals surface area (Å²) in [5.41, 5.74) is 7.24. The minimum Gasteiger partial charge on any atom is -0.492 e. The minimum absolute atomic E-state index is 0.166. The van der Waals surface area contributed by atoms with Gasteiger partial charge in [0.15, 0.2) is 0 Å². The van der Waals surface area contributed by atoms with Gasteiger partial charge in [-0.05, 0) is 58.2 Å². The van der Waals surface area contributed by atoms with E-state index in [1.54, 1.807) is 0 Å². The zero-order valence-electron chi connectivity index (χ0n) is 12.4. The maximum Gasteiger partial charge on any atom is 0.142 e. The van der Waals surface area contributed by atoms with Crippen molar-refractivity contribution in [2.75, 3.05) is 24.6 Å². The van der Waals surface area contributed by atoms with Gasteiger partial charge < -0.3 is 15.4 Å². The van der Waals surface area contributed by atoms with Gasteiger partial charge in [0, 0.05) is 12.1 Å². The van der Waals surface area contributed by atoms with Crippen LogP contribution < -0.4 is 15.4 Å². The molecule has 3 heteroatoms. The number of rotatable bonds is 4. The van der Waals surface area contributed by atoms with Crippen LogP contribution in [0.1, 0.15) is 33.6 Å². The molecule has 0 spiro atoms. The number of benzene rings is 1. The molecule has 1 aromatic rings. The van der Waals surface area contributed by atoms with Crippen LogP contribution in [0, 0.1) is 5.92 Å². The number of nitrogens with two attached hydrogens (primary N) is 1. The molecule has 1 heterocycles. The van der Waals surface area contributed by atoms with Crippen molar-refractivity contribution in [3.05, 3.63) is 24.3 Å². The van der Waals surface area contributed by atoms with E-state index >= 15 is 0 Å². The maximum absolute atomic E-state index is 5.87. The molecule has 106 valence electrons. The number of anilines is 1. The van der Waals surface area contributed by atoms with E-state index in [9.17, 15) is 0 Å². The lowest BCUT2D eigenvalue weighted by molar-refractivity contribution is 0.287. The fraction of sp³-hybridized carbons (Fsp3) is 0.625. The molecule has 0 aliphatic carbocycles. The molecule has 0 radical (unpaired) electrons. The van der Waals surface area contributed by atoms with Crippen LogP contribution in [-0.2, 0) is 0 Å². The highest BCUT2D eigenvalue weighted by molar-refractivity contribution is 5.60. The van der Waals surface area contributed by atoms with Crippen molar-refractivity contribution in [2.45, 2.75) is 39.2 Å². The lowest BCUT2D eigenvalue weighted by atomic mass is 9.84. The van der Waals surface area contributed by atoms with Crippen LogP contribution in [-0.4, -0.2) is 25.2 Å². The Morgan fingerprint density at radius 3 is 2.79 bits per heavy atom. The standard InChI is InChI=1S/C16H26N2O/c1-4-19-15-8-6-5-7-14(15)18-12-13(11-17)9-10-16(18,2)3/h5-8,13H,4,9-12,17H2,1-3H3. The second-order valence-corrected chi connectivity index (χ2v) is 5.96. The summed E-state index contributed by atoms with van der Waals surface area (Å²) in [6, 6.07) is 8.33. The second-order valence-electron chi connectivity index (χ2n) is 5.96. The van der Waals surface area contributed by atoms with Crippen LogP contribution in [0.15, 0.2) is 24.3 Å². The molecule has 1 saturated heterocycles. The lowest BCUT2D eigenvalue weighted by Crippen LogP contribution is -2.52. The number of nitrogens with zero attached hydrogens (tertiary/aromatic N) is 1. The van der Waals surface area contributed by atoms with Crippen molar-refractivity contribution in [3.8, 4) is 5.75 Å². The van der Waals surface area contributed by atoms with Crippen LogP contribution in [0.3, 0.4) is 0 Å². The Morgan fingerprint density at radius 1 is 1.37 bits per heavy atom. The van der Waals surface area contributed by atoms with Gasteiger partial charge in [-0.1, -0.05) is 12.1 Å². The molecule has 2 rings (SSSR count). The predicted octanol–water partition coefficient (Wildman–Crippen LogP) is 3.04. The Hall–Kier alpha value is -1.22. The molecule has 3 nitrogen and oxygen atoms in total. The first-order valence-corrected chi connectivity index (χ1v) is 7.28. The van der Waals surface area contributed by atoms with Gasteiger partial charge in [0.25, 0.3) is 0 Å². The molecular formula is C16H26N2O. The van der Waals surface area contributed by atoms with E-state index in [2.05, 4.69) is 36.9 Å². The molecule has 1 aromatic carbocycles. The number of hydrogen-bond acceptors (Lipinski definition) is 3. The molecule has 0 saturated carbocycles. The van der Waals surface area contributed by atoms with Crippen molar-refractivity contribution >= 4 is 5.69 Å². The van der Waals surface area contributed by atoms with Gasteiger partial charge in [0.05, 0.1) is 12.3 Å². The monoisotopic (exact) mass is 262 g/mol. The highest BCUT2D eigenvalue weighted by Crippen LogP contribution is 2.39. The van der Waals surface area contributed by atoms with E-state index in [-0.39, 0.29) is 5.54 Å². The van der Waals surface area contributed by atoms with E-state index in [1.807, 2.05) is 13.0 Å². The van der Waals surface area contributed by atoms with Gasteiger partial charge >= 0.3 is 0 Å². The smallest absolute Gasteiger partial charge is 0.142 e. The van der Waals surface area contributed by atoms with E-state index in [1.165, 1.54) is 18.5 Å². The van der Waals surface area contributed by atoms with Crippen LogP contribution in [0.5, 0.6) is 5.75 Å². The normalized spacial score (nSPS) is 22.3. The largest absolute Gasteiger partial charge is 0.492 e. The van der Waals surface area contributed by atoms with Crippen LogP contribution in [0.4, 0.5) is 5.69 Å². The summed E-state index contributed by atoms with van der Waals surface area (Å²) in [7, 11) is 0. The first-order chi connectivity index (χ1) is 9.08. The number of ether oxygens (including phenoxy) is 1. The van der Waals surface area contributed by atoms with Crippen molar-refractivity contribution in [3.63, 3.8) is 0 Å². The number of piperidine rings is 1. The average molecular weight is 262 g/mol. The molecule has 2 N–H and O–H groups in total. The van der Waals surface area contributed by atoms with Crippen LogP contribution in [0.2, 0.25) is 0 Å². The Kier molecular flexibility index (Phi) is 4.35. The molecule has 1 aliphatic rings.